The highest BCUT2D eigenvalue weighted by molar-refractivity contribution is 6.30. The highest BCUT2D eigenvalue weighted by atomic mass is 35.5. The number of nitrogens with zero attached hydrogens (tertiary/aromatic N) is 2. The number of benzene rings is 1. The van der Waals surface area contributed by atoms with Crippen LogP contribution in [0.15, 0.2) is 42.6 Å². The second-order valence-electron chi connectivity index (χ2n) is 5.05. The summed E-state index contributed by atoms with van der Waals surface area (Å²) in [6.07, 6.45) is 1.41. The van der Waals surface area contributed by atoms with Gasteiger partial charge in [0.15, 0.2) is 0 Å². The number of halogens is 1. The van der Waals surface area contributed by atoms with Crippen LogP contribution in [0.2, 0.25) is 5.02 Å². The number of pyridine rings is 1. The predicted octanol–water partition coefficient (Wildman–Crippen LogP) is 2.15. The van der Waals surface area contributed by atoms with Crippen molar-refractivity contribution in [2.24, 2.45) is 0 Å². The zero-order chi connectivity index (χ0) is 17.1. The van der Waals surface area contributed by atoms with Crippen LogP contribution in [-0.4, -0.2) is 40.8 Å². The summed E-state index contributed by atoms with van der Waals surface area (Å²) in [6, 6.07) is 9.32. The van der Waals surface area contributed by atoms with E-state index in [2.05, 4.69) is 15.6 Å². The molecule has 122 valence electrons. The molecule has 0 spiro atoms. The number of aromatic nitrogens is 1. The molecule has 7 nitrogen and oxygen atoms in total. The van der Waals surface area contributed by atoms with E-state index in [-0.39, 0.29) is 24.9 Å². The van der Waals surface area contributed by atoms with Gasteiger partial charge in [0, 0.05) is 19.3 Å². The number of carbonyl (C=O) groups is 3. The summed E-state index contributed by atoms with van der Waals surface area (Å²) < 4.78 is 0. The number of anilines is 1. The molecule has 1 aromatic heterocycles. The Hall–Kier alpha value is -2.93. The number of carbonyl (C=O) groups excluding carboxylic acids is 3. The van der Waals surface area contributed by atoms with Gasteiger partial charge in [0.2, 0.25) is 0 Å². The Labute approximate surface area is 142 Å². The fraction of sp³-hybridized carbons (Fsp3) is 0.125. The van der Waals surface area contributed by atoms with Gasteiger partial charge in [-0.25, -0.2) is 9.78 Å². The van der Waals surface area contributed by atoms with Crippen LogP contribution in [0.1, 0.15) is 20.7 Å². The van der Waals surface area contributed by atoms with Crippen molar-refractivity contribution in [3.05, 3.63) is 58.7 Å². The number of imide groups is 1. The number of nitrogens with one attached hydrogen (secondary N) is 2. The number of hydrogen-bond acceptors (Lipinski definition) is 4. The molecule has 0 bridgehead atoms. The molecule has 0 fully saturated rings. The summed E-state index contributed by atoms with van der Waals surface area (Å²) in [5, 5.41) is 5.56. The molecule has 1 aliphatic heterocycles. The number of amides is 4. The minimum Gasteiger partial charge on any atom is -0.336 e. The van der Waals surface area contributed by atoms with Crippen molar-refractivity contribution in [1.82, 2.24) is 15.2 Å². The Bertz CT molecular complexity index is 772. The van der Waals surface area contributed by atoms with Crippen molar-refractivity contribution in [2.45, 2.75) is 0 Å². The van der Waals surface area contributed by atoms with E-state index in [1.807, 2.05) is 0 Å². The highest BCUT2D eigenvalue weighted by Crippen LogP contribution is 2.21. The van der Waals surface area contributed by atoms with Gasteiger partial charge < -0.3 is 5.32 Å². The van der Waals surface area contributed by atoms with Gasteiger partial charge >= 0.3 is 6.03 Å². The van der Waals surface area contributed by atoms with Crippen LogP contribution in [-0.2, 0) is 0 Å². The first-order valence-electron chi connectivity index (χ1n) is 7.18. The summed E-state index contributed by atoms with van der Waals surface area (Å²) in [6.45, 7) is 0.221. The smallest absolute Gasteiger partial charge is 0.320 e. The zero-order valence-electron chi connectivity index (χ0n) is 12.5. The SMILES string of the molecule is O=C(NCCN1C(=O)c2ccccc2C1=O)Nc1ccc(Cl)cn1. The van der Waals surface area contributed by atoms with E-state index in [1.54, 1.807) is 36.4 Å². The second-order valence-corrected chi connectivity index (χ2v) is 5.49. The molecule has 8 heteroatoms. The molecule has 2 aromatic rings. The number of rotatable bonds is 4. The highest BCUT2D eigenvalue weighted by Gasteiger charge is 2.34. The Morgan fingerprint density at radius 3 is 2.33 bits per heavy atom. The normalized spacial score (nSPS) is 13.0. The third-order valence-electron chi connectivity index (χ3n) is 3.47. The molecule has 24 heavy (non-hydrogen) atoms. The second kappa shape index (κ2) is 6.67. The van der Waals surface area contributed by atoms with E-state index in [4.69, 9.17) is 11.6 Å². The lowest BCUT2D eigenvalue weighted by atomic mass is 10.1. The number of urea groups is 1. The first-order valence-corrected chi connectivity index (χ1v) is 7.55. The average Bonchev–Trinajstić information content (AvgIpc) is 2.82. The minimum atomic E-state index is -0.485. The van der Waals surface area contributed by atoms with Crippen LogP contribution in [0.5, 0.6) is 0 Å². The first-order chi connectivity index (χ1) is 11.6. The summed E-state index contributed by atoms with van der Waals surface area (Å²) in [5.41, 5.74) is 0.773. The third-order valence-corrected chi connectivity index (χ3v) is 3.69. The van der Waals surface area contributed by atoms with Crippen LogP contribution in [0.25, 0.3) is 0 Å². The van der Waals surface area contributed by atoms with Crippen LogP contribution in [0, 0.1) is 0 Å². The van der Waals surface area contributed by atoms with Crippen molar-refractivity contribution in [3.8, 4) is 0 Å². The van der Waals surface area contributed by atoms with Crippen molar-refractivity contribution in [2.75, 3.05) is 18.4 Å². The van der Waals surface area contributed by atoms with E-state index in [9.17, 15) is 14.4 Å². The fourth-order valence-corrected chi connectivity index (χ4v) is 2.45. The third kappa shape index (κ3) is 3.21. The van der Waals surface area contributed by atoms with E-state index < -0.39 is 6.03 Å². The standard InChI is InChI=1S/C16H13ClN4O3/c17-10-5-6-13(19-9-10)20-16(24)18-7-8-21-14(22)11-3-1-2-4-12(11)15(21)23/h1-6,9H,7-8H2,(H2,18,19,20,24). The van der Waals surface area contributed by atoms with Crippen molar-refractivity contribution < 1.29 is 14.4 Å². The number of fused-ring (bicyclic) bond motifs is 1. The fourth-order valence-electron chi connectivity index (χ4n) is 2.33. The van der Waals surface area contributed by atoms with Crippen LogP contribution < -0.4 is 10.6 Å². The largest absolute Gasteiger partial charge is 0.336 e. The summed E-state index contributed by atoms with van der Waals surface area (Å²) >= 11 is 5.71. The van der Waals surface area contributed by atoms with Gasteiger partial charge in [0.05, 0.1) is 16.1 Å². The van der Waals surface area contributed by atoms with Crippen molar-refractivity contribution in [1.29, 1.82) is 0 Å². The Balaban J connectivity index is 1.52. The molecule has 0 radical (unpaired) electrons. The molecular formula is C16H13ClN4O3. The Morgan fingerprint density at radius 2 is 1.75 bits per heavy atom. The van der Waals surface area contributed by atoms with E-state index in [1.165, 1.54) is 6.20 Å². The first kappa shape index (κ1) is 15.9. The van der Waals surface area contributed by atoms with Gasteiger partial charge in [-0.2, -0.15) is 0 Å². The summed E-state index contributed by atoms with van der Waals surface area (Å²) in [5.74, 6) is -0.355. The molecule has 4 amide bonds. The maximum atomic E-state index is 12.2. The molecular weight excluding hydrogens is 332 g/mol. The monoisotopic (exact) mass is 344 g/mol. The lowest BCUT2D eigenvalue weighted by Crippen LogP contribution is -2.39. The minimum absolute atomic E-state index is 0.0911. The van der Waals surface area contributed by atoms with Crippen LogP contribution in [0.4, 0.5) is 10.6 Å². The molecule has 3 rings (SSSR count). The van der Waals surface area contributed by atoms with E-state index in [0.717, 1.165) is 4.90 Å². The molecule has 0 saturated heterocycles. The van der Waals surface area contributed by atoms with E-state index in [0.29, 0.717) is 22.0 Å². The molecule has 0 unspecified atom stereocenters. The van der Waals surface area contributed by atoms with E-state index >= 15 is 0 Å². The van der Waals surface area contributed by atoms with Gasteiger partial charge in [-0.1, -0.05) is 23.7 Å². The van der Waals surface area contributed by atoms with Gasteiger partial charge in [0.25, 0.3) is 11.8 Å². The quantitative estimate of drug-likeness (QED) is 0.831. The molecule has 0 atom stereocenters. The zero-order valence-corrected chi connectivity index (χ0v) is 13.2. The lowest BCUT2D eigenvalue weighted by Gasteiger charge is -2.14. The summed E-state index contributed by atoms with van der Waals surface area (Å²) in [4.78, 5) is 41.1. The molecule has 0 saturated carbocycles. The van der Waals surface area contributed by atoms with Gasteiger partial charge in [0.1, 0.15) is 5.82 Å². The maximum Gasteiger partial charge on any atom is 0.320 e. The van der Waals surface area contributed by atoms with Gasteiger partial charge in [-0.15, -0.1) is 0 Å². The summed E-state index contributed by atoms with van der Waals surface area (Å²) in [7, 11) is 0. The predicted molar refractivity (Wildman–Crippen MR) is 88.1 cm³/mol. The van der Waals surface area contributed by atoms with Crippen LogP contribution in [0.3, 0.4) is 0 Å². The van der Waals surface area contributed by atoms with Gasteiger partial charge in [-0.05, 0) is 24.3 Å². The maximum absolute atomic E-state index is 12.2. The van der Waals surface area contributed by atoms with Crippen LogP contribution >= 0.6 is 11.6 Å². The Morgan fingerprint density at radius 1 is 1.08 bits per heavy atom. The molecule has 2 N–H and O–H groups in total. The van der Waals surface area contributed by atoms with Crippen molar-refractivity contribution >= 4 is 35.3 Å². The topological polar surface area (TPSA) is 91.4 Å². The molecule has 2 heterocycles. The molecule has 0 aliphatic carbocycles. The van der Waals surface area contributed by atoms with Crippen molar-refractivity contribution in [3.63, 3.8) is 0 Å². The molecule has 1 aromatic carbocycles. The average molecular weight is 345 g/mol. The Kier molecular flexibility index (Phi) is 4.43. The van der Waals surface area contributed by atoms with Gasteiger partial charge in [-0.3, -0.25) is 19.8 Å². The molecule has 1 aliphatic rings. The number of hydrogen-bond donors (Lipinski definition) is 2. The lowest BCUT2D eigenvalue weighted by molar-refractivity contribution is 0.0656.